The summed E-state index contributed by atoms with van der Waals surface area (Å²) in [6, 6.07) is 13.1. The molecule has 0 aliphatic carbocycles. The third kappa shape index (κ3) is 3.81. The van der Waals surface area contributed by atoms with Crippen molar-refractivity contribution in [2.45, 2.75) is 13.0 Å². The molecule has 6 nitrogen and oxygen atoms in total. The van der Waals surface area contributed by atoms with Crippen LogP contribution in [0.25, 0.3) is 0 Å². The van der Waals surface area contributed by atoms with E-state index in [2.05, 4.69) is 35.3 Å². The number of aryl methyl sites for hydroxylation is 1. The van der Waals surface area contributed by atoms with Gasteiger partial charge in [-0.3, -0.25) is 15.0 Å². The van der Waals surface area contributed by atoms with Gasteiger partial charge in [0.15, 0.2) is 0 Å². The Hall–Kier alpha value is -2.44. The number of nitro benzene ring substituents is 1. The van der Waals surface area contributed by atoms with Crippen molar-refractivity contribution >= 4 is 5.69 Å². The molecule has 1 aliphatic rings. The summed E-state index contributed by atoms with van der Waals surface area (Å²) in [7, 11) is 1.61. The van der Waals surface area contributed by atoms with Gasteiger partial charge in [0.1, 0.15) is 5.75 Å². The van der Waals surface area contributed by atoms with Crippen LogP contribution in [0.2, 0.25) is 0 Å². The Labute approximate surface area is 147 Å². The molecule has 0 radical (unpaired) electrons. The summed E-state index contributed by atoms with van der Waals surface area (Å²) >= 11 is 0. The molecule has 1 fully saturated rings. The predicted octanol–water partition coefficient (Wildman–Crippen LogP) is 2.91. The van der Waals surface area contributed by atoms with E-state index in [0.717, 1.165) is 37.3 Å². The number of nitrogens with one attached hydrogen (secondary N) is 1. The topological polar surface area (TPSA) is 67.6 Å². The van der Waals surface area contributed by atoms with Gasteiger partial charge in [-0.05, 0) is 18.6 Å². The van der Waals surface area contributed by atoms with Crippen LogP contribution in [0.15, 0.2) is 42.5 Å². The standard InChI is InChI=1S/C19H23N3O3/c1-14-4-3-5-15(12-14)19(21-10-8-20-9-11-21)17-13-16(22(23)24)6-7-18(17)25-2/h3-7,12-13,19-20H,8-11H2,1-2H3. The smallest absolute Gasteiger partial charge is 0.270 e. The molecule has 1 aliphatic heterocycles. The molecule has 3 rings (SSSR count). The maximum atomic E-state index is 11.3. The normalized spacial score (nSPS) is 16.4. The first-order valence-corrected chi connectivity index (χ1v) is 8.44. The molecule has 1 atom stereocenters. The van der Waals surface area contributed by atoms with E-state index < -0.39 is 0 Å². The molecule has 2 aromatic rings. The third-order valence-electron chi connectivity index (χ3n) is 4.59. The molecule has 2 aromatic carbocycles. The summed E-state index contributed by atoms with van der Waals surface area (Å²) in [5.41, 5.74) is 3.22. The second-order valence-electron chi connectivity index (χ2n) is 6.29. The average Bonchev–Trinajstić information content (AvgIpc) is 2.63. The highest BCUT2D eigenvalue weighted by molar-refractivity contribution is 5.49. The van der Waals surface area contributed by atoms with Gasteiger partial charge in [-0.1, -0.05) is 29.8 Å². The van der Waals surface area contributed by atoms with Crippen molar-refractivity contribution in [3.05, 3.63) is 69.3 Å². The first-order valence-electron chi connectivity index (χ1n) is 8.44. The second-order valence-corrected chi connectivity index (χ2v) is 6.29. The molecule has 0 spiro atoms. The van der Waals surface area contributed by atoms with Gasteiger partial charge in [0.05, 0.1) is 18.1 Å². The molecule has 132 valence electrons. The summed E-state index contributed by atoms with van der Waals surface area (Å²) in [4.78, 5) is 13.3. The van der Waals surface area contributed by atoms with Gasteiger partial charge in [0.2, 0.25) is 0 Å². The number of benzene rings is 2. The fourth-order valence-corrected chi connectivity index (χ4v) is 3.42. The van der Waals surface area contributed by atoms with E-state index in [4.69, 9.17) is 4.74 Å². The average molecular weight is 341 g/mol. The summed E-state index contributed by atoms with van der Waals surface area (Å²) in [5, 5.41) is 14.6. The van der Waals surface area contributed by atoms with Crippen LogP contribution in [0.1, 0.15) is 22.7 Å². The number of nitro groups is 1. The summed E-state index contributed by atoms with van der Waals surface area (Å²) in [6.45, 7) is 5.62. The van der Waals surface area contributed by atoms with Crippen molar-refractivity contribution in [2.75, 3.05) is 33.3 Å². The lowest BCUT2D eigenvalue weighted by atomic mass is 9.94. The Kier molecular flexibility index (Phi) is 5.31. The molecule has 6 heteroatoms. The van der Waals surface area contributed by atoms with Crippen molar-refractivity contribution in [3.8, 4) is 5.75 Å². The first kappa shape index (κ1) is 17.4. The second kappa shape index (κ2) is 7.63. The van der Waals surface area contributed by atoms with Crippen molar-refractivity contribution in [3.63, 3.8) is 0 Å². The van der Waals surface area contributed by atoms with Crippen LogP contribution in [0.3, 0.4) is 0 Å². The number of piperazine rings is 1. The molecule has 1 saturated heterocycles. The molecular formula is C19H23N3O3. The van der Waals surface area contributed by atoms with Crippen LogP contribution in [0.5, 0.6) is 5.75 Å². The van der Waals surface area contributed by atoms with Gasteiger partial charge >= 0.3 is 0 Å². The number of ether oxygens (including phenoxy) is 1. The highest BCUT2D eigenvalue weighted by atomic mass is 16.6. The van der Waals surface area contributed by atoms with Crippen molar-refractivity contribution < 1.29 is 9.66 Å². The van der Waals surface area contributed by atoms with Gasteiger partial charge in [-0.15, -0.1) is 0 Å². The molecule has 1 heterocycles. The van der Waals surface area contributed by atoms with Crippen LogP contribution >= 0.6 is 0 Å². The minimum absolute atomic E-state index is 0.0724. The number of methoxy groups -OCH3 is 1. The Morgan fingerprint density at radius 2 is 1.96 bits per heavy atom. The SMILES string of the molecule is COc1ccc([N+](=O)[O-])cc1C(c1cccc(C)c1)N1CCNCC1. The minimum Gasteiger partial charge on any atom is -0.496 e. The molecular weight excluding hydrogens is 318 g/mol. The Balaban J connectivity index is 2.13. The van der Waals surface area contributed by atoms with E-state index in [0.29, 0.717) is 5.75 Å². The first-order chi connectivity index (χ1) is 12.1. The maximum Gasteiger partial charge on any atom is 0.270 e. The van der Waals surface area contributed by atoms with E-state index in [-0.39, 0.29) is 16.7 Å². The fourth-order valence-electron chi connectivity index (χ4n) is 3.42. The van der Waals surface area contributed by atoms with Gasteiger partial charge in [0.25, 0.3) is 5.69 Å². The molecule has 25 heavy (non-hydrogen) atoms. The molecule has 0 bridgehead atoms. The van der Waals surface area contributed by atoms with Crippen molar-refractivity contribution in [1.82, 2.24) is 10.2 Å². The number of nitrogens with zero attached hydrogens (tertiary/aromatic N) is 2. The van der Waals surface area contributed by atoms with Gasteiger partial charge < -0.3 is 10.1 Å². The van der Waals surface area contributed by atoms with Crippen LogP contribution in [-0.4, -0.2) is 43.1 Å². The minimum atomic E-state index is -0.353. The van der Waals surface area contributed by atoms with E-state index >= 15 is 0 Å². The quantitative estimate of drug-likeness (QED) is 0.669. The Bertz CT molecular complexity index is 757. The zero-order valence-corrected chi connectivity index (χ0v) is 14.6. The fraction of sp³-hybridized carbons (Fsp3) is 0.368. The van der Waals surface area contributed by atoms with Gasteiger partial charge in [0, 0.05) is 43.9 Å². The zero-order valence-electron chi connectivity index (χ0n) is 14.6. The molecule has 0 amide bonds. The summed E-state index contributed by atoms with van der Waals surface area (Å²) in [5.74, 6) is 0.677. The van der Waals surface area contributed by atoms with Crippen molar-refractivity contribution in [2.24, 2.45) is 0 Å². The lowest BCUT2D eigenvalue weighted by Gasteiger charge is -2.36. The molecule has 0 aromatic heterocycles. The third-order valence-corrected chi connectivity index (χ3v) is 4.59. The lowest BCUT2D eigenvalue weighted by molar-refractivity contribution is -0.385. The maximum absolute atomic E-state index is 11.3. The zero-order chi connectivity index (χ0) is 17.8. The van der Waals surface area contributed by atoms with E-state index in [1.807, 2.05) is 6.07 Å². The van der Waals surface area contributed by atoms with Gasteiger partial charge in [-0.25, -0.2) is 0 Å². The largest absolute Gasteiger partial charge is 0.496 e. The van der Waals surface area contributed by atoms with Gasteiger partial charge in [-0.2, -0.15) is 0 Å². The Morgan fingerprint density at radius 1 is 1.20 bits per heavy atom. The number of hydrogen-bond donors (Lipinski definition) is 1. The number of rotatable bonds is 5. The highest BCUT2D eigenvalue weighted by Gasteiger charge is 2.28. The van der Waals surface area contributed by atoms with Crippen LogP contribution in [0, 0.1) is 17.0 Å². The van der Waals surface area contributed by atoms with E-state index in [9.17, 15) is 10.1 Å². The van der Waals surface area contributed by atoms with E-state index in [1.165, 1.54) is 11.6 Å². The predicted molar refractivity (Wildman–Crippen MR) is 97.1 cm³/mol. The van der Waals surface area contributed by atoms with Crippen molar-refractivity contribution in [1.29, 1.82) is 0 Å². The van der Waals surface area contributed by atoms with Crippen LogP contribution < -0.4 is 10.1 Å². The monoisotopic (exact) mass is 341 g/mol. The molecule has 1 unspecified atom stereocenters. The lowest BCUT2D eigenvalue weighted by Crippen LogP contribution is -2.45. The van der Waals surface area contributed by atoms with Crippen LogP contribution in [0.4, 0.5) is 5.69 Å². The Morgan fingerprint density at radius 3 is 2.60 bits per heavy atom. The molecule has 1 N–H and O–H groups in total. The van der Waals surface area contributed by atoms with E-state index in [1.54, 1.807) is 19.2 Å². The molecule has 0 saturated carbocycles. The van der Waals surface area contributed by atoms with Crippen LogP contribution in [-0.2, 0) is 0 Å². The number of hydrogen-bond acceptors (Lipinski definition) is 5. The summed E-state index contributed by atoms with van der Waals surface area (Å²) in [6.07, 6.45) is 0. The number of non-ortho nitro benzene ring substituents is 1. The summed E-state index contributed by atoms with van der Waals surface area (Å²) < 4.78 is 5.54. The highest BCUT2D eigenvalue weighted by Crippen LogP contribution is 2.37.